The number of rotatable bonds is 6. The van der Waals surface area contributed by atoms with Gasteiger partial charge in [0.25, 0.3) is 0 Å². The molecular weight excluding hydrogens is 296 g/mol. The number of sulfonamides is 1. The third-order valence-electron chi connectivity index (χ3n) is 3.36. The maximum absolute atomic E-state index is 11.1. The summed E-state index contributed by atoms with van der Waals surface area (Å²) in [4.78, 5) is 6.86. The van der Waals surface area contributed by atoms with Crippen LogP contribution >= 0.6 is 11.5 Å². The van der Waals surface area contributed by atoms with Crippen LogP contribution in [0.25, 0.3) is 0 Å². The van der Waals surface area contributed by atoms with E-state index in [0.717, 1.165) is 36.9 Å². The SMILES string of the molecule is CC(C)c1nsc(CN2CCC(CNS(C)(=O)=O)C2)n1. The fraction of sp³-hybridized carbons (Fsp3) is 0.833. The molecule has 0 amide bonds. The van der Waals surface area contributed by atoms with Gasteiger partial charge in [0.15, 0.2) is 0 Å². The summed E-state index contributed by atoms with van der Waals surface area (Å²) >= 11 is 1.47. The highest BCUT2D eigenvalue weighted by atomic mass is 32.2. The first-order valence-electron chi connectivity index (χ1n) is 6.83. The molecule has 1 unspecified atom stereocenters. The van der Waals surface area contributed by atoms with Crippen LogP contribution in [-0.4, -0.2) is 48.6 Å². The van der Waals surface area contributed by atoms with Crippen LogP contribution in [0.5, 0.6) is 0 Å². The first kappa shape index (κ1) is 15.8. The van der Waals surface area contributed by atoms with Crippen molar-refractivity contribution in [3.05, 3.63) is 10.8 Å². The second-order valence-corrected chi connectivity index (χ2v) is 8.38. The predicted molar refractivity (Wildman–Crippen MR) is 80.2 cm³/mol. The Kier molecular flexibility index (Phi) is 5.11. The van der Waals surface area contributed by atoms with Gasteiger partial charge in [0.2, 0.25) is 10.0 Å². The number of nitrogens with one attached hydrogen (secondary N) is 1. The van der Waals surface area contributed by atoms with Gasteiger partial charge < -0.3 is 0 Å². The minimum atomic E-state index is -3.08. The van der Waals surface area contributed by atoms with E-state index in [1.54, 1.807) is 0 Å². The standard InChI is InChI=1S/C12H22N4O2S2/c1-9(2)12-14-11(19-15-12)8-16-5-4-10(7-16)6-13-20(3,17)18/h9-10,13H,4-8H2,1-3H3. The molecule has 1 saturated heterocycles. The minimum absolute atomic E-state index is 0.366. The summed E-state index contributed by atoms with van der Waals surface area (Å²) in [6, 6.07) is 0. The Balaban J connectivity index is 1.80. The van der Waals surface area contributed by atoms with Gasteiger partial charge in [-0.1, -0.05) is 13.8 Å². The second-order valence-electron chi connectivity index (χ2n) is 5.71. The van der Waals surface area contributed by atoms with Crippen LogP contribution in [0.2, 0.25) is 0 Å². The normalized spacial score (nSPS) is 20.9. The Morgan fingerprint density at radius 2 is 2.25 bits per heavy atom. The smallest absolute Gasteiger partial charge is 0.208 e. The fourth-order valence-corrected chi connectivity index (χ4v) is 3.61. The number of aromatic nitrogens is 2. The first-order valence-corrected chi connectivity index (χ1v) is 9.49. The number of hydrogen-bond donors (Lipinski definition) is 1. The molecule has 0 aromatic carbocycles. The average Bonchev–Trinajstić information content (AvgIpc) is 2.95. The largest absolute Gasteiger partial charge is 0.296 e. The van der Waals surface area contributed by atoms with Gasteiger partial charge in [-0.3, -0.25) is 4.90 Å². The van der Waals surface area contributed by atoms with Gasteiger partial charge in [-0.2, -0.15) is 4.37 Å². The van der Waals surface area contributed by atoms with Gasteiger partial charge in [-0.15, -0.1) is 0 Å². The highest BCUT2D eigenvalue weighted by Crippen LogP contribution is 2.20. The molecule has 1 aromatic heterocycles. The van der Waals surface area contributed by atoms with Gasteiger partial charge >= 0.3 is 0 Å². The van der Waals surface area contributed by atoms with Gasteiger partial charge in [0.1, 0.15) is 10.8 Å². The van der Waals surface area contributed by atoms with Crippen LogP contribution in [0.3, 0.4) is 0 Å². The van der Waals surface area contributed by atoms with Crippen molar-refractivity contribution in [2.24, 2.45) is 5.92 Å². The lowest BCUT2D eigenvalue weighted by Gasteiger charge is -2.14. The van der Waals surface area contributed by atoms with Crippen LogP contribution in [0.15, 0.2) is 0 Å². The van der Waals surface area contributed by atoms with Gasteiger partial charge in [-0.05, 0) is 30.4 Å². The Morgan fingerprint density at radius 1 is 1.50 bits per heavy atom. The Bertz CT molecular complexity index is 541. The van der Waals surface area contributed by atoms with Gasteiger partial charge in [0, 0.05) is 19.0 Å². The molecule has 0 saturated carbocycles. The van der Waals surface area contributed by atoms with Crippen LogP contribution in [-0.2, 0) is 16.6 Å². The van der Waals surface area contributed by atoms with E-state index in [1.807, 2.05) is 0 Å². The molecule has 8 heteroatoms. The molecule has 1 aromatic rings. The molecule has 1 aliphatic heterocycles. The highest BCUT2D eigenvalue weighted by Gasteiger charge is 2.24. The van der Waals surface area contributed by atoms with E-state index in [4.69, 9.17) is 0 Å². The van der Waals surface area contributed by atoms with E-state index in [-0.39, 0.29) is 0 Å². The summed E-state index contributed by atoms with van der Waals surface area (Å²) in [5, 5.41) is 1.05. The zero-order valence-electron chi connectivity index (χ0n) is 12.2. The van der Waals surface area contributed by atoms with E-state index < -0.39 is 10.0 Å². The number of likely N-dealkylation sites (tertiary alicyclic amines) is 1. The zero-order chi connectivity index (χ0) is 14.8. The lowest BCUT2D eigenvalue weighted by atomic mass is 10.1. The highest BCUT2D eigenvalue weighted by molar-refractivity contribution is 7.88. The molecule has 1 atom stereocenters. The Labute approximate surface area is 124 Å². The van der Waals surface area contributed by atoms with E-state index in [2.05, 4.69) is 32.8 Å². The third kappa shape index (κ3) is 4.76. The molecule has 0 spiro atoms. The molecular formula is C12H22N4O2S2. The molecule has 20 heavy (non-hydrogen) atoms. The van der Waals surface area contributed by atoms with Gasteiger partial charge in [-0.25, -0.2) is 18.1 Å². The van der Waals surface area contributed by atoms with Crippen LogP contribution in [0, 0.1) is 5.92 Å². The van der Waals surface area contributed by atoms with E-state index in [0.29, 0.717) is 18.4 Å². The van der Waals surface area contributed by atoms with Gasteiger partial charge in [0.05, 0.1) is 12.8 Å². The predicted octanol–water partition coefficient (Wildman–Crippen LogP) is 1.03. The second kappa shape index (κ2) is 6.46. The average molecular weight is 318 g/mol. The minimum Gasteiger partial charge on any atom is -0.296 e. The summed E-state index contributed by atoms with van der Waals surface area (Å²) in [7, 11) is -3.08. The maximum atomic E-state index is 11.1. The lowest BCUT2D eigenvalue weighted by molar-refractivity contribution is 0.316. The van der Waals surface area contributed by atoms with Crippen LogP contribution < -0.4 is 4.72 Å². The molecule has 2 heterocycles. The third-order valence-corrected chi connectivity index (χ3v) is 4.76. The Hall–Kier alpha value is -0.570. The fourth-order valence-electron chi connectivity index (χ4n) is 2.25. The van der Waals surface area contributed by atoms with Crippen molar-refractivity contribution in [2.45, 2.75) is 32.7 Å². The quantitative estimate of drug-likeness (QED) is 0.848. The molecule has 1 aliphatic rings. The van der Waals surface area contributed by atoms with Crippen molar-refractivity contribution in [1.82, 2.24) is 19.0 Å². The topological polar surface area (TPSA) is 75.2 Å². The van der Waals surface area contributed by atoms with Crippen molar-refractivity contribution in [3.8, 4) is 0 Å². The molecule has 0 bridgehead atoms. The molecule has 0 radical (unpaired) electrons. The Morgan fingerprint density at radius 3 is 2.85 bits per heavy atom. The lowest BCUT2D eigenvalue weighted by Crippen LogP contribution is -2.30. The molecule has 0 aliphatic carbocycles. The zero-order valence-corrected chi connectivity index (χ0v) is 13.8. The molecule has 6 nitrogen and oxygen atoms in total. The van der Waals surface area contributed by atoms with Crippen molar-refractivity contribution >= 4 is 21.6 Å². The van der Waals surface area contributed by atoms with E-state index in [1.165, 1.54) is 17.8 Å². The van der Waals surface area contributed by atoms with Crippen molar-refractivity contribution in [1.29, 1.82) is 0 Å². The molecule has 2 rings (SSSR count). The summed E-state index contributed by atoms with van der Waals surface area (Å²) < 4.78 is 29.1. The summed E-state index contributed by atoms with van der Waals surface area (Å²) in [5.74, 6) is 1.67. The summed E-state index contributed by atoms with van der Waals surface area (Å²) in [6.07, 6.45) is 2.23. The molecule has 1 N–H and O–H groups in total. The van der Waals surface area contributed by atoms with E-state index in [9.17, 15) is 8.42 Å². The summed E-state index contributed by atoms with van der Waals surface area (Å²) in [5.41, 5.74) is 0. The van der Waals surface area contributed by atoms with Crippen molar-refractivity contribution in [3.63, 3.8) is 0 Å². The number of nitrogens with zero attached hydrogens (tertiary/aromatic N) is 3. The van der Waals surface area contributed by atoms with Crippen molar-refractivity contribution in [2.75, 3.05) is 25.9 Å². The maximum Gasteiger partial charge on any atom is 0.208 e. The van der Waals surface area contributed by atoms with Crippen LogP contribution in [0.4, 0.5) is 0 Å². The summed E-state index contributed by atoms with van der Waals surface area (Å²) in [6.45, 7) is 7.44. The first-order chi connectivity index (χ1) is 9.33. The van der Waals surface area contributed by atoms with Crippen molar-refractivity contribution < 1.29 is 8.42 Å². The van der Waals surface area contributed by atoms with Crippen LogP contribution in [0.1, 0.15) is 37.0 Å². The monoisotopic (exact) mass is 318 g/mol. The molecule has 114 valence electrons. The molecule has 1 fully saturated rings. The van der Waals surface area contributed by atoms with E-state index >= 15 is 0 Å². The number of hydrogen-bond acceptors (Lipinski definition) is 6.